The SMILES string of the molecule is COC(=O)C1(c2nc(-c3ccc(Cl)cc3)no2)CC1. The van der Waals surface area contributed by atoms with Gasteiger partial charge in [0, 0.05) is 10.6 Å². The van der Waals surface area contributed by atoms with Crippen molar-refractivity contribution in [1.82, 2.24) is 10.1 Å². The summed E-state index contributed by atoms with van der Waals surface area (Å²) in [7, 11) is 1.36. The maximum absolute atomic E-state index is 11.7. The monoisotopic (exact) mass is 278 g/mol. The molecule has 6 heteroatoms. The Labute approximate surface area is 114 Å². The van der Waals surface area contributed by atoms with Crippen molar-refractivity contribution in [2.75, 3.05) is 7.11 Å². The van der Waals surface area contributed by atoms with Gasteiger partial charge in [0.25, 0.3) is 0 Å². The minimum atomic E-state index is -0.730. The van der Waals surface area contributed by atoms with Crippen LogP contribution in [0, 0.1) is 0 Å². The Morgan fingerprint density at radius 1 is 1.37 bits per heavy atom. The molecule has 0 spiro atoms. The van der Waals surface area contributed by atoms with Gasteiger partial charge in [0.1, 0.15) is 5.41 Å². The largest absolute Gasteiger partial charge is 0.468 e. The van der Waals surface area contributed by atoms with Crippen molar-refractivity contribution in [1.29, 1.82) is 0 Å². The highest BCUT2D eigenvalue weighted by molar-refractivity contribution is 6.30. The molecule has 0 bridgehead atoms. The molecule has 1 fully saturated rings. The number of carbonyl (C=O) groups excluding carboxylic acids is 1. The van der Waals surface area contributed by atoms with E-state index in [4.69, 9.17) is 20.9 Å². The molecule has 1 aromatic heterocycles. The zero-order valence-electron chi connectivity index (χ0n) is 10.2. The fourth-order valence-electron chi connectivity index (χ4n) is 1.96. The van der Waals surface area contributed by atoms with Crippen LogP contribution in [-0.4, -0.2) is 23.2 Å². The van der Waals surface area contributed by atoms with Gasteiger partial charge in [0.2, 0.25) is 11.7 Å². The van der Waals surface area contributed by atoms with E-state index in [1.165, 1.54) is 7.11 Å². The van der Waals surface area contributed by atoms with Crippen LogP contribution in [0.3, 0.4) is 0 Å². The average molecular weight is 279 g/mol. The summed E-state index contributed by atoms with van der Waals surface area (Å²) < 4.78 is 9.98. The van der Waals surface area contributed by atoms with Crippen LogP contribution >= 0.6 is 11.6 Å². The summed E-state index contributed by atoms with van der Waals surface area (Å²) in [5.41, 5.74) is 0.0620. The summed E-state index contributed by atoms with van der Waals surface area (Å²) in [6.07, 6.45) is 1.36. The van der Waals surface area contributed by atoms with Crippen LogP contribution in [0.25, 0.3) is 11.4 Å². The molecule has 1 aromatic carbocycles. The molecule has 5 nitrogen and oxygen atoms in total. The molecule has 0 saturated heterocycles. The summed E-state index contributed by atoms with van der Waals surface area (Å²) in [6.45, 7) is 0. The van der Waals surface area contributed by atoms with Gasteiger partial charge in [-0.2, -0.15) is 4.98 Å². The van der Waals surface area contributed by atoms with Crippen molar-refractivity contribution < 1.29 is 14.1 Å². The third-order valence-electron chi connectivity index (χ3n) is 3.26. The summed E-state index contributed by atoms with van der Waals surface area (Å²) in [5, 5.41) is 4.54. The van der Waals surface area contributed by atoms with Gasteiger partial charge in [-0.15, -0.1) is 0 Å². The maximum atomic E-state index is 11.7. The minimum absolute atomic E-state index is 0.321. The van der Waals surface area contributed by atoms with E-state index in [9.17, 15) is 4.79 Å². The first-order chi connectivity index (χ1) is 9.15. The number of methoxy groups -OCH3 is 1. The molecule has 98 valence electrons. The van der Waals surface area contributed by atoms with Gasteiger partial charge in [-0.25, -0.2) is 0 Å². The van der Waals surface area contributed by atoms with E-state index in [2.05, 4.69) is 10.1 Å². The summed E-state index contributed by atoms with van der Waals surface area (Å²) in [5.74, 6) is 0.449. The van der Waals surface area contributed by atoms with E-state index in [0.717, 1.165) is 5.56 Å². The van der Waals surface area contributed by atoms with Gasteiger partial charge in [-0.3, -0.25) is 4.79 Å². The van der Waals surface area contributed by atoms with E-state index >= 15 is 0 Å². The third kappa shape index (κ3) is 2.00. The predicted molar refractivity (Wildman–Crippen MR) is 67.7 cm³/mol. The van der Waals surface area contributed by atoms with Crippen LogP contribution in [-0.2, 0) is 14.9 Å². The molecule has 1 saturated carbocycles. The fraction of sp³-hybridized carbons (Fsp3) is 0.308. The van der Waals surface area contributed by atoms with Gasteiger partial charge in [-0.1, -0.05) is 16.8 Å². The van der Waals surface area contributed by atoms with Crippen molar-refractivity contribution in [2.45, 2.75) is 18.3 Å². The standard InChI is InChI=1S/C13H11ClN2O3/c1-18-12(17)13(6-7-13)11-15-10(16-19-11)8-2-4-9(14)5-3-8/h2-5H,6-7H2,1H3. The Morgan fingerprint density at radius 3 is 2.63 bits per heavy atom. The Hall–Kier alpha value is -1.88. The molecule has 0 aliphatic heterocycles. The highest BCUT2D eigenvalue weighted by Crippen LogP contribution is 2.48. The molecule has 0 unspecified atom stereocenters. The summed E-state index contributed by atoms with van der Waals surface area (Å²) >= 11 is 5.82. The Bertz CT molecular complexity index is 617. The van der Waals surface area contributed by atoms with Crippen LogP contribution in [0.15, 0.2) is 28.8 Å². The van der Waals surface area contributed by atoms with Crippen molar-refractivity contribution >= 4 is 17.6 Å². The van der Waals surface area contributed by atoms with Gasteiger partial charge in [-0.05, 0) is 37.1 Å². The number of rotatable bonds is 3. The zero-order chi connectivity index (χ0) is 13.5. The minimum Gasteiger partial charge on any atom is -0.468 e. The second-order valence-electron chi connectivity index (χ2n) is 4.50. The molecule has 1 aliphatic rings. The summed E-state index contributed by atoms with van der Waals surface area (Å²) in [4.78, 5) is 16.0. The third-order valence-corrected chi connectivity index (χ3v) is 3.52. The lowest BCUT2D eigenvalue weighted by atomic mass is 10.1. The first-order valence-electron chi connectivity index (χ1n) is 5.84. The molecule has 3 rings (SSSR count). The lowest BCUT2D eigenvalue weighted by Gasteiger charge is -2.05. The Kier molecular flexibility index (Phi) is 2.78. The molecule has 1 heterocycles. The maximum Gasteiger partial charge on any atom is 0.321 e. The second kappa shape index (κ2) is 4.35. The van der Waals surface area contributed by atoms with Gasteiger partial charge < -0.3 is 9.26 Å². The number of nitrogens with zero attached hydrogens (tertiary/aromatic N) is 2. The second-order valence-corrected chi connectivity index (χ2v) is 4.94. The van der Waals surface area contributed by atoms with Crippen molar-refractivity contribution in [3.05, 3.63) is 35.2 Å². The van der Waals surface area contributed by atoms with Gasteiger partial charge in [0.05, 0.1) is 7.11 Å². The van der Waals surface area contributed by atoms with Crippen LogP contribution in [0.5, 0.6) is 0 Å². The van der Waals surface area contributed by atoms with Gasteiger partial charge >= 0.3 is 5.97 Å². The van der Waals surface area contributed by atoms with Crippen LogP contribution < -0.4 is 0 Å². The highest BCUT2D eigenvalue weighted by Gasteiger charge is 2.57. The van der Waals surface area contributed by atoms with E-state index in [0.29, 0.717) is 29.6 Å². The number of esters is 1. The number of benzene rings is 1. The molecule has 2 aromatic rings. The van der Waals surface area contributed by atoms with E-state index < -0.39 is 5.41 Å². The molecule has 0 amide bonds. The van der Waals surface area contributed by atoms with Crippen molar-refractivity contribution in [2.24, 2.45) is 0 Å². The number of aromatic nitrogens is 2. The number of halogens is 1. The molecule has 19 heavy (non-hydrogen) atoms. The lowest BCUT2D eigenvalue weighted by molar-refractivity contribution is -0.144. The van der Waals surface area contributed by atoms with Crippen molar-refractivity contribution in [3.8, 4) is 11.4 Å². The normalized spacial score (nSPS) is 16.1. The quantitative estimate of drug-likeness (QED) is 0.808. The van der Waals surface area contributed by atoms with E-state index in [1.807, 2.05) is 0 Å². The summed E-state index contributed by atoms with van der Waals surface area (Å²) in [6, 6.07) is 7.10. The molecular weight excluding hydrogens is 268 g/mol. The average Bonchev–Trinajstić information content (AvgIpc) is 3.10. The van der Waals surface area contributed by atoms with E-state index in [1.54, 1.807) is 24.3 Å². The Balaban J connectivity index is 1.92. The zero-order valence-corrected chi connectivity index (χ0v) is 11.0. The molecule has 1 aliphatic carbocycles. The molecule has 0 N–H and O–H groups in total. The lowest BCUT2D eigenvalue weighted by Crippen LogP contribution is -2.22. The fourth-order valence-corrected chi connectivity index (χ4v) is 2.09. The number of hydrogen-bond donors (Lipinski definition) is 0. The van der Waals surface area contributed by atoms with Crippen LogP contribution in [0.1, 0.15) is 18.7 Å². The van der Waals surface area contributed by atoms with Crippen molar-refractivity contribution in [3.63, 3.8) is 0 Å². The molecule has 0 atom stereocenters. The topological polar surface area (TPSA) is 65.2 Å². The molecule has 0 radical (unpaired) electrons. The predicted octanol–water partition coefficient (Wildman–Crippen LogP) is 2.59. The first kappa shape index (κ1) is 12.2. The highest BCUT2D eigenvalue weighted by atomic mass is 35.5. The first-order valence-corrected chi connectivity index (χ1v) is 6.22. The smallest absolute Gasteiger partial charge is 0.321 e. The number of carbonyl (C=O) groups is 1. The molecular formula is C13H11ClN2O3. The number of ether oxygens (including phenoxy) is 1. The van der Waals surface area contributed by atoms with E-state index in [-0.39, 0.29) is 5.97 Å². The van der Waals surface area contributed by atoms with Gasteiger partial charge in [0.15, 0.2) is 0 Å². The Morgan fingerprint density at radius 2 is 2.05 bits per heavy atom. The van der Waals surface area contributed by atoms with Crippen LogP contribution in [0.4, 0.5) is 0 Å². The number of hydrogen-bond acceptors (Lipinski definition) is 5. The van der Waals surface area contributed by atoms with Crippen LogP contribution in [0.2, 0.25) is 5.02 Å².